The van der Waals surface area contributed by atoms with Gasteiger partial charge in [-0.2, -0.15) is 0 Å². The first-order valence-electron chi connectivity index (χ1n) is 7.06. The fourth-order valence-corrected chi connectivity index (χ4v) is 2.07. The third-order valence-corrected chi connectivity index (χ3v) is 3.47. The van der Waals surface area contributed by atoms with Crippen LogP contribution in [0.15, 0.2) is 42.5 Å². The van der Waals surface area contributed by atoms with Crippen molar-refractivity contribution in [3.8, 4) is 0 Å². The molecule has 2 aromatic carbocycles. The standard InChI is InChI=1S/C16H14ClN3O4/c1-2-15(21)18-11-5-3-4-10(8-11)16(22)19-14-9-12(20(23)24)6-7-13(14)17/h3-9H,2H2,1H3,(H,18,21)(H,19,22). The zero-order valence-corrected chi connectivity index (χ0v) is 13.5. The number of benzene rings is 2. The highest BCUT2D eigenvalue weighted by Gasteiger charge is 2.13. The van der Waals surface area contributed by atoms with Crippen molar-refractivity contribution in [1.82, 2.24) is 0 Å². The average molecular weight is 348 g/mol. The molecule has 2 aromatic rings. The maximum Gasteiger partial charge on any atom is 0.271 e. The lowest BCUT2D eigenvalue weighted by Crippen LogP contribution is -2.14. The van der Waals surface area contributed by atoms with Gasteiger partial charge in [0.15, 0.2) is 0 Å². The quantitative estimate of drug-likeness (QED) is 0.633. The van der Waals surface area contributed by atoms with Gasteiger partial charge in [-0.05, 0) is 24.3 Å². The van der Waals surface area contributed by atoms with Crippen LogP contribution in [0.5, 0.6) is 0 Å². The summed E-state index contributed by atoms with van der Waals surface area (Å²) in [6.07, 6.45) is 0.319. The number of rotatable bonds is 5. The van der Waals surface area contributed by atoms with Gasteiger partial charge in [-0.3, -0.25) is 19.7 Å². The minimum Gasteiger partial charge on any atom is -0.326 e. The summed E-state index contributed by atoms with van der Waals surface area (Å²) in [6.45, 7) is 1.72. The number of hydrogen-bond acceptors (Lipinski definition) is 4. The fourth-order valence-electron chi connectivity index (χ4n) is 1.90. The molecule has 2 N–H and O–H groups in total. The number of nitro benzene ring substituents is 1. The van der Waals surface area contributed by atoms with E-state index >= 15 is 0 Å². The summed E-state index contributed by atoms with van der Waals surface area (Å²) >= 11 is 5.96. The monoisotopic (exact) mass is 347 g/mol. The molecule has 0 aliphatic rings. The molecule has 0 bridgehead atoms. The molecule has 0 unspecified atom stereocenters. The Kier molecular flexibility index (Phi) is 5.49. The van der Waals surface area contributed by atoms with E-state index in [0.29, 0.717) is 12.1 Å². The molecule has 0 aromatic heterocycles. The van der Waals surface area contributed by atoms with Crippen LogP contribution < -0.4 is 10.6 Å². The lowest BCUT2D eigenvalue weighted by molar-refractivity contribution is -0.384. The molecule has 2 amide bonds. The number of hydrogen-bond donors (Lipinski definition) is 2. The van der Waals surface area contributed by atoms with Crippen molar-refractivity contribution in [1.29, 1.82) is 0 Å². The first-order chi connectivity index (χ1) is 11.4. The maximum absolute atomic E-state index is 12.3. The zero-order valence-electron chi connectivity index (χ0n) is 12.7. The Bertz CT molecular complexity index is 808. The second-order valence-corrected chi connectivity index (χ2v) is 5.27. The summed E-state index contributed by atoms with van der Waals surface area (Å²) in [5, 5.41) is 16.2. The van der Waals surface area contributed by atoms with Crippen molar-refractivity contribution in [3.63, 3.8) is 0 Å². The third-order valence-electron chi connectivity index (χ3n) is 3.14. The first kappa shape index (κ1) is 17.4. The number of carbonyl (C=O) groups excluding carboxylic acids is 2. The molecule has 0 fully saturated rings. The Hall–Kier alpha value is -2.93. The molecule has 7 nitrogen and oxygen atoms in total. The van der Waals surface area contributed by atoms with Gasteiger partial charge in [-0.15, -0.1) is 0 Å². The van der Waals surface area contributed by atoms with Crippen LogP contribution in [0.1, 0.15) is 23.7 Å². The van der Waals surface area contributed by atoms with E-state index in [-0.39, 0.29) is 27.9 Å². The van der Waals surface area contributed by atoms with Crippen LogP contribution in [-0.4, -0.2) is 16.7 Å². The highest BCUT2D eigenvalue weighted by molar-refractivity contribution is 6.34. The van der Waals surface area contributed by atoms with Crippen molar-refractivity contribution in [2.45, 2.75) is 13.3 Å². The number of amides is 2. The van der Waals surface area contributed by atoms with Crippen LogP contribution in [0.25, 0.3) is 0 Å². The van der Waals surface area contributed by atoms with Crippen LogP contribution >= 0.6 is 11.6 Å². The number of halogens is 1. The topological polar surface area (TPSA) is 101 Å². The molecular formula is C16H14ClN3O4. The molecule has 0 saturated carbocycles. The molecule has 0 radical (unpaired) electrons. The van der Waals surface area contributed by atoms with Crippen LogP contribution in [0.2, 0.25) is 5.02 Å². The minimum absolute atomic E-state index is 0.138. The SMILES string of the molecule is CCC(=O)Nc1cccc(C(=O)Nc2cc([N+](=O)[O-])ccc2Cl)c1. The van der Waals surface area contributed by atoms with Crippen molar-refractivity contribution in [3.05, 3.63) is 63.2 Å². The predicted molar refractivity (Wildman–Crippen MR) is 91.4 cm³/mol. The molecule has 0 saturated heterocycles. The fraction of sp³-hybridized carbons (Fsp3) is 0.125. The van der Waals surface area contributed by atoms with Crippen LogP contribution in [0.4, 0.5) is 17.1 Å². The van der Waals surface area contributed by atoms with E-state index < -0.39 is 10.8 Å². The molecule has 2 rings (SSSR count). The Morgan fingerprint density at radius 1 is 1.17 bits per heavy atom. The van der Waals surface area contributed by atoms with Gasteiger partial charge >= 0.3 is 0 Å². The number of anilines is 2. The second kappa shape index (κ2) is 7.56. The van der Waals surface area contributed by atoms with Gasteiger partial charge in [0.25, 0.3) is 11.6 Å². The summed E-state index contributed by atoms with van der Waals surface area (Å²) in [6, 6.07) is 10.1. The summed E-state index contributed by atoms with van der Waals surface area (Å²) in [7, 11) is 0. The van der Waals surface area contributed by atoms with E-state index in [1.165, 1.54) is 24.3 Å². The molecule has 0 heterocycles. The van der Waals surface area contributed by atoms with Gasteiger partial charge in [0.1, 0.15) is 0 Å². The average Bonchev–Trinajstić information content (AvgIpc) is 2.56. The molecular weight excluding hydrogens is 334 g/mol. The van der Waals surface area contributed by atoms with E-state index in [2.05, 4.69) is 10.6 Å². The first-order valence-corrected chi connectivity index (χ1v) is 7.43. The molecule has 0 aliphatic heterocycles. The van der Waals surface area contributed by atoms with Gasteiger partial charge in [-0.1, -0.05) is 24.6 Å². The molecule has 0 atom stereocenters. The van der Waals surface area contributed by atoms with E-state index in [9.17, 15) is 19.7 Å². The van der Waals surface area contributed by atoms with Gasteiger partial charge in [-0.25, -0.2) is 0 Å². The van der Waals surface area contributed by atoms with E-state index in [4.69, 9.17) is 11.6 Å². The third kappa shape index (κ3) is 4.30. The Balaban J connectivity index is 2.21. The van der Waals surface area contributed by atoms with Gasteiger partial charge in [0, 0.05) is 29.8 Å². The number of nitrogens with one attached hydrogen (secondary N) is 2. The summed E-state index contributed by atoms with van der Waals surface area (Å²) in [5.41, 5.74) is 0.726. The van der Waals surface area contributed by atoms with Crippen molar-refractivity contribution in [2.75, 3.05) is 10.6 Å². The number of nitrogens with zero attached hydrogens (tertiary/aromatic N) is 1. The molecule has 8 heteroatoms. The van der Waals surface area contributed by atoms with Gasteiger partial charge < -0.3 is 10.6 Å². The molecule has 0 spiro atoms. The summed E-state index contributed by atoms with van der Waals surface area (Å²) < 4.78 is 0. The molecule has 0 aliphatic carbocycles. The minimum atomic E-state index is -0.577. The van der Waals surface area contributed by atoms with Crippen LogP contribution in [0, 0.1) is 10.1 Å². The van der Waals surface area contributed by atoms with E-state index in [1.807, 2.05) is 0 Å². The summed E-state index contributed by atoms with van der Waals surface area (Å²) in [5.74, 6) is -0.667. The lowest BCUT2D eigenvalue weighted by atomic mass is 10.1. The number of nitro groups is 1. The predicted octanol–water partition coefficient (Wildman–Crippen LogP) is 3.85. The van der Waals surface area contributed by atoms with Crippen molar-refractivity contribution in [2.24, 2.45) is 0 Å². The Morgan fingerprint density at radius 3 is 2.58 bits per heavy atom. The number of non-ortho nitro benzene ring substituents is 1. The number of carbonyl (C=O) groups is 2. The second-order valence-electron chi connectivity index (χ2n) is 4.86. The maximum atomic E-state index is 12.3. The van der Waals surface area contributed by atoms with Crippen LogP contribution in [0.3, 0.4) is 0 Å². The molecule has 24 heavy (non-hydrogen) atoms. The highest BCUT2D eigenvalue weighted by atomic mass is 35.5. The van der Waals surface area contributed by atoms with Crippen LogP contribution in [-0.2, 0) is 4.79 Å². The van der Waals surface area contributed by atoms with Gasteiger partial charge in [0.2, 0.25) is 5.91 Å². The van der Waals surface area contributed by atoms with Crippen molar-refractivity contribution < 1.29 is 14.5 Å². The largest absolute Gasteiger partial charge is 0.326 e. The molecule has 124 valence electrons. The lowest BCUT2D eigenvalue weighted by Gasteiger charge is -2.09. The van der Waals surface area contributed by atoms with Gasteiger partial charge in [0.05, 0.1) is 15.6 Å². The van der Waals surface area contributed by atoms with E-state index in [0.717, 1.165) is 0 Å². The Morgan fingerprint density at radius 2 is 1.92 bits per heavy atom. The Labute approximate surface area is 142 Å². The smallest absolute Gasteiger partial charge is 0.271 e. The summed E-state index contributed by atoms with van der Waals surface area (Å²) in [4.78, 5) is 33.9. The van der Waals surface area contributed by atoms with Crippen molar-refractivity contribution >= 4 is 40.5 Å². The normalized spacial score (nSPS) is 10.1. The zero-order chi connectivity index (χ0) is 17.7. The highest BCUT2D eigenvalue weighted by Crippen LogP contribution is 2.27. The van der Waals surface area contributed by atoms with E-state index in [1.54, 1.807) is 25.1 Å².